The zero-order valence-electron chi connectivity index (χ0n) is 9.99. The highest BCUT2D eigenvalue weighted by Crippen LogP contribution is 2.23. The Bertz CT molecular complexity index is 647. The Kier molecular flexibility index (Phi) is 4.89. The van der Waals surface area contributed by atoms with E-state index in [0.717, 1.165) is 10.8 Å². The quantitative estimate of drug-likeness (QED) is 0.776. The van der Waals surface area contributed by atoms with E-state index in [1.807, 2.05) is 0 Å². The molecule has 21 heavy (non-hydrogen) atoms. The number of hydrogen-bond donors (Lipinski definition) is 2. The van der Waals surface area contributed by atoms with Crippen molar-refractivity contribution < 1.29 is 40.3 Å². The van der Waals surface area contributed by atoms with E-state index in [-0.39, 0.29) is 0 Å². The molecule has 0 saturated heterocycles. The Hall–Kier alpha value is -1.75. The maximum Gasteiger partial charge on any atom is 0.335 e. The lowest BCUT2D eigenvalue weighted by Crippen LogP contribution is -2.41. The fourth-order valence-corrected chi connectivity index (χ4v) is 2.33. The van der Waals surface area contributed by atoms with Gasteiger partial charge in [0.1, 0.15) is 10.7 Å². The molecule has 0 saturated carbocycles. The number of aromatic carboxylic acids is 1. The summed E-state index contributed by atoms with van der Waals surface area (Å²) in [5.74, 6) is -7.63. The van der Waals surface area contributed by atoms with Crippen LogP contribution in [0.4, 0.5) is 22.0 Å². The molecule has 0 aliphatic rings. The highest BCUT2D eigenvalue weighted by atomic mass is 32.2. The molecule has 118 valence electrons. The summed E-state index contributed by atoms with van der Waals surface area (Å²) in [6, 6.07) is 1.65. The maximum atomic E-state index is 13.4. The number of carboxylic acid groups (broad SMARTS) is 1. The molecule has 0 radical (unpaired) electrons. The summed E-state index contributed by atoms with van der Waals surface area (Å²) >= 11 is 0. The summed E-state index contributed by atoms with van der Waals surface area (Å²) in [6.07, 6.45) is -4.12. The normalized spacial score (nSPS) is 12.7. The molecule has 0 aliphatic carbocycles. The highest BCUT2D eigenvalue weighted by Gasteiger charge is 2.41. The van der Waals surface area contributed by atoms with E-state index in [1.165, 1.54) is 0 Å². The van der Waals surface area contributed by atoms with E-state index in [2.05, 4.69) is 0 Å². The molecule has 0 bridgehead atoms. The van der Waals surface area contributed by atoms with Gasteiger partial charge in [-0.15, -0.1) is 0 Å². The van der Waals surface area contributed by atoms with Crippen LogP contribution >= 0.6 is 0 Å². The predicted molar refractivity (Wildman–Crippen MR) is 59.5 cm³/mol. The van der Waals surface area contributed by atoms with Crippen LogP contribution in [0.3, 0.4) is 0 Å². The largest absolute Gasteiger partial charge is 0.478 e. The number of benzene rings is 1. The monoisotopic (exact) mass is 333 g/mol. The third-order valence-corrected chi connectivity index (χ3v) is 3.70. The van der Waals surface area contributed by atoms with Gasteiger partial charge < -0.3 is 5.11 Å². The van der Waals surface area contributed by atoms with Crippen LogP contribution < -0.4 is 4.72 Å². The van der Waals surface area contributed by atoms with Gasteiger partial charge in [0.2, 0.25) is 10.0 Å². The van der Waals surface area contributed by atoms with Gasteiger partial charge in [0, 0.05) is 0 Å². The van der Waals surface area contributed by atoms with E-state index in [0.29, 0.717) is 12.1 Å². The molecule has 0 amide bonds. The van der Waals surface area contributed by atoms with Gasteiger partial charge in [0.25, 0.3) is 0 Å². The Balaban J connectivity index is 3.09. The second-order valence-corrected chi connectivity index (χ2v) is 5.57. The van der Waals surface area contributed by atoms with E-state index in [9.17, 15) is 35.2 Å². The first kappa shape index (κ1) is 17.3. The third-order valence-electron chi connectivity index (χ3n) is 2.28. The minimum atomic E-state index is -4.92. The maximum absolute atomic E-state index is 13.4. The number of rotatable bonds is 6. The number of carbonyl (C=O) groups is 1. The van der Waals surface area contributed by atoms with Crippen molar-refractivity contribution in [3.05, 3.63) is 29.6 Å². The van der Waals surface area contributed by atoms with Crippen molar-refractivity contribution in [2.24, 2.45) is 0 Å². The molecule has 1 aromatic carbocycles. The molecular formula is C10H8F5NO4S. The Morgan fingerprint density at radius 1 is 1.33 bits per heavy atom. The summed E-state index contributed by atoms with van der Waals surface area (Å²) < 4.78 is 86.7. The van der Waals surface area contributed by atoms with Crippen LogP contribution in [0.1, 0.15) is 10.4 Å². The Morgan fingerprint density at radius 3 is 2.38 bits per heavy atom. The van der Waals surface area contributed by atoms with Gasteiger partial charge in [-0.25, -0.2) is 31.1 Å². The molecule has 0 fully saturated rings. The van der Waals surface area contributed by atoms with Crippen molar-refractivity contribution >= 4 is 16.0 Å². The molecule has 1 rings (SSSR count). The van der Waals surface area contributed by atoms with Gasteiger partial charge >= 0.3 is 18.3 Å². The molecule has 5 nitrogen and oxygen atoms in total. The molecule has 0 unspecified atom stereocenters. The van der Waals surface area contributed by atoms with Crippen LogP contribution in [0.2, 0.25) is 0 Å². The average molecular weight is 333 g/mol. The lowest BCUT2D eigenvalue weighted by atomic mass is 10.2. The number of nitrogens with one attached hydrogen (secondary N) is 1. The number of halogens is 5. The van der Waals surface area contributed by atoms with Crippen molar-refractivity contribution in [1.29, 1.82) is 0 Å². The summed E-state index contributed by atoms with van der Waals surface area (Å²) in [6.45, 7) is -1.95. The predicted octanol–water partition coefficient (Wildman–Crippen LogP) is 1.70. The fraction of sp³-hybridized carbons (Fsp3) is 0.300. The van der Waals surface area contributed by atoms with Crippen LogP contribution in [-0.4, -0.2) is 38.4 Å². The zero-order valence-corrected chi connectivity index (χ0v) is 10.8. The van der Waals surface area contributed by atoms with Gasteiger partial charge in [-0.2, -0.15) is 8.78 Å². The summed E-state index contributed by atoms with van der Waals surface area (Å²) in [5, 5.41) is 8.64. The molecular weight excluding hydrogens is 325 g/mol. The molecule has 0 spiro atoms. The van der Waals surface area contributed by atoms with Crippen molar-refractivity contribution in [3.8, 4) is 0 Å². The minimum Gasteiger partial charge on any atom is -0.478 e. The number of alkyl halides is 4. The molecule has 1 aromatic rings. The van der Waals surface area contributed by atoms with Crippen LogP contribution in [0.15, 0.2) is 23.1 Å². The summed E-state index contributed by atoms with van der Waals surface area (Å²) in [4.78, 5) is 9.41. The summed E-state index contributed by atoms with van der Waals surface area (Å²) in [7, 11) is -4.92. The van der Waals surface area contributed by atoms with E-state index >= 15 is 0 Å². The van der Waals surface area contributed by atoms with Crippen molar-refractivity contribution in [2.75, 3.05) is 6.54 Å². The Morgan fingerprint density at radius 2 is 1.90 bits per heavy atom. The van der Waals surface area contributed by atoms with Crippen molar-refractivity contribution in [3.63, 3.8) is 0 Å². The summed E-state index contributed by atoms with van der Waals surface area (Å²) in [5.41, 5.74) is -0.614. The molecule has 11 heteroatoms. The second kappa shape index (κ2) is 5.93. The van der Waals surface area contributed by atoms with Gasteiger partial charge in [0.15, 0.2) is 0 Å². The lowest BCUT2D eigenvalue weighted by molar-refractivity contribution is -0.122. The third kappa shape index (κ3) is 4.11. The fourth-order valence-electron chi connectivity index (χ4n) is 1.19. The first-order valence-electron chi connectivity index (χ1n) is 5.16. The Labute approximate surface area is 115 Å². The van der Waals surface area contributed by atoms with Crippen LogP contribution in [-0.2, 0) is 10.0 Å². The number of sulfonamides is 1. The molecule has 0 aliphatic heterocycles. The van der Waals surface area contributed by atoms with Gasteiger partial charge in [-0.3, -0.25) is 0 Å². The van der Waals surface area contributed by atoms with E-state index in [1.54, 1.807) is 0 Å². The topological polar surface area (TPSA) is 83.5 Å². The second-order valence-electron chi connectivity index (χ2n) is 3.84. The van der Waals surface area contributed by atoms with E-state index in [4.69, 9.17) is 5.11 Å². The SMILES string of the molecule is O=C(O)c1ccc(F)c(S(=O)(=O)NCC(F)(F)C(F)F)c1. The number of hydrogen-bond acceptors (Lipinski definition) is 3. The van der Waals surface area contributed by atoms with E-state index < -0.39 is 51.2 Å². The first-order chi connectivity index (χ1) is 9.47. The van der Waals surface area contributed by atoms with Crippen molar-refractivity contribution in [1.82, 2.24) is 4.72 Å². The first-order valence-corrected chi connectivity index (χ1v) is 6.64. The highest BCUT2D eigenvalue weighted by molar-refractivity contribution is 7.89. The van der Waals surface area contributed by atoms with Gasteiger partial charge in [-0.05, 0) is 18.2 Å². The number of carboxylic acids is 1. The molecule has 0 atom stereocenters. The van der Waals surface area contributed by atoms with Crippen molar-refractivity contribution in [2.45, 2.75) is 17.2 Å². The van der Waals surface area contributed by atoms with Gasteiger partial charge in [-0.1, -0.05) is 0 Å². The molecule has 2 N–H and O–H groups in total. The zero-order chi connectivity index (χ0) is 16.4. The average Bonchev–Trinajstić information content (AvgIpc) is 2.36. The van der Waals surface area contributed by atoms with Crippen LogP contribution in [0.5, 0.6) is 0 Å². The van der Waals surface area contributed by atoms with Crippen LogP contribution in [0.25, 0.3) is 0 Å². The van der Waals surface area contributed by atoms with Gasteiger partial charge in [0.05, 0.1) is 12.1 Å². The minimum absolute atomic E-state index is 0.389. The van der Waals surface area contributed by atoms with Crippen LogP contribution in [0, 0.1) is 5.82 Å². The molecule has 0 aromatic heterocycles. The smallest absolute Gasteiger partial charge is 0.335 e. The standard InChI is InChI=1S/C10H8F5NO4S/c11-6-2-1-5(8(17)18)3-7(6)21(19,20)16-4-10(14,15)9(12)13/h1-3,9,16H,4H2,(H,17,18). The molecule has 0 heterocycles. The lowest BCUT2D eigenvalue weighted by Gasteiger charge is -2.16.